The number of aromatic nitrogens is 1. The summed E-state index contributed by atoms with van der Waals surface area (Å²) in [5, 5.41) is 0. The van der Waals surface area contributed by atoms with E-state index in [-0.39, 0.29) is 22.1 Å². The first-order valence-electron chi connectivity index (χ1n) is 6.74. The van der Waals surface area contributed by atoms with Crippen LogP contribution in [-0.2, 0) is 16.0 Å². The van der Waals surface area contributed by atoms with Gasteiger partial charge in [-0.05, 0) is 23.7 Å². The summed E-state index contributed by atoms with van der Waals surface area (Å²) in [5.41, 5.74) is 0.135. The molecule has 124 valence electrons. The number of hydrogen-bond acceptors (Lipinski definition) is 4. The van der Waals surface area contributed by atoms with Crippen LogP contribution in [0.3, 0.4) is 0 Å². The predicted octanol–water partition coefficient (Wildman–Crippen LogP) is 4.66. The number of nitrogens with zero attached hydrogens (tertiary/aromatic N) is 1. The summed E-state index contributed by atoms with van der Waals surface area (Å²) in [6.45, 7) is 0. The molecule has 0 fully saturated rings. The van der Waals surface area contributed by atoms with E-state index >= 15 is 0 Å². The fourth-order valence-corrected chi connectivity index (χ4v) is 4.90. The molecule has 0 saturated heterocycles. The van der Waals surface area contributed by atoms with Crippen molar-refractivity contribution in [3.05, 3.63) is 65.5 Å². The maximum Gasteiger partial charge on any atom is 0.428 e. The highest BCUT2D eigenvalue weighted by Gasteiger charge is 2.42. The highest BCUT2D eigenvalue weighted by atomic mass is 32.2. The van der Waals surface area contributed by atoms with Crippen LogP contribution in [-0.4, -0.2) is 12.8 Å². The quantitative estimate of drug-likeness (QED) is 0.674. The number of alkyl halides is 3. The Labute approximate surface area is 140 Å². The van der Waals surface area contributed by atoms with Crippen molar-refractivity contribution in [1.82, 2.24) is 4.37 Å². The molecule has 0 atom stereocenters. The molecule has 0 unspecified atom stereocenters. The van der Waals surface area contributed by atoms with Gasteiger partial charge in [0, 0.05) is 5.56 Å². The van der Waals surface area contributed by atoms with E-state index in [0.717, 1.165) is 0 Å². The van der Waals surface area contributed by atoms with Crippen molar-refractivity contribution >= 4 is 21.4 Å². The maximum atomic E-state index is 13.3. The first kappa shape index (κ1) is 16.7. The molecule has 2 aromatic carbocycles. The number of sulfone groups is 1. The Kier molecular flexibility index (Phi) is 4.18. The summed E-state index contributed by atoms with van der Waals surface area (Å²) in [5.74, 6) is 0. The third-order valence-corrected chi connectivity index (χ3v) is 6.13. The van der Waals surface area contributed by atoms with Crippen molar-refractivity contribution in [3.8, 4) is 11.3 Å². The van der Waals surface area contributed by atoms with Gasteiger partial charge in [-0.1, -0.05) is 48.5 Å². The van der Waals surface area contributed by atoms with Crippen LogP contribution in [0.2, 0.25) is 0 Å². The van der Waals surface area contributed by atoms with Crippen LogP contribution in [0.4, 0.5) is 13.2 Å². The minimum Gasteiger partial charge on any atom is -0.218 e. The van der Waals surface area contributed by atoms with Gasteiger partial charge >= 0.3 is 6.18 Å². The monoisotopic (exact) mass is 369 g/mol. The molecule has 8 heteroatoms. The van der Waals surface area contributed by atoms with Crippen LogP contribution in [0.15, 0.2) is 70.5 Å². The summed E-state index contributed by atoms with van der Waals surface area (Å²) in [6, 6.07) is 15.0. The predicted molar refractivity (Wildman–Crippen MR) is 84.4 cm³/mol. The molecular weight excluding hydrogens is 359 g/mol. The number of rotatable bonds is 3. The maximum absolute atomic E-state index is 13.3. The zero-order valence-corrected chi connectivity index (χ0v) is 13.6. The molecule has 24 heavy (non-hydrogen) atoms. The van der Waals surface area contributed by atoms with Crippen molar-refractivity contribution in [3.63, 3.8) is 0 Å². The molecule has 0 amide bonds. The van der Waals surface area contributed by atoms with E-state index in [9.17, 15) is 21.6 Å². The number of halogens is 3. The fourth-order valence-electron chi connectivity index (χ4n) is 2.21. The highest BCUT2D eigenvalue weighted by Crippen LogP contribution is 2.43. The molecule has 0 bridgehead atoms. The lowest BCUT2D eigenvalue weighted by atomic mass is 10.1. The van der Waals surface area contributed by atoms with E-state index in [1.54, 1.807) is 24.3 Å². The summed E-state index contributed by atoms with van der Waals surface area (Å²) in [4.78, 5) is -2.21. The third-order valence-electron chi connectivity index (χ3n) is 3.28. The Balaban J connectivity index is 2.31. The lowest BCUT2D eigenvalue weighted by Gasteiger charge is -2.10. The van der Waals surface area contributed by atoms with Crippen molar-refractivity contribution in [2.75, 3.05) is 0 Å². The Bertz CT molecular complexity index is 950. The second kappa shape index (κ2) is 6.03. The molecule has 0 radical (unpaired) electrons. The van der Waals surface area contributed by atoms with Gasteiger partial charge < -0.3 is 0 Å². The minimum atomic E-state index is -4.80. The SMILES string of the molecule is O=S(=O)(c1ccccc1)c1c(-c2ccccc2)nsc1C(F)(F)F. The molecule has 3 rings (SSSR count). The minimum absolute atomic E-state index is 0.145. The van der Waals surface area contributed by atoms with Gasteiger partial charge in [0.05, 0.1) is 4.90 Å². The Hall–Kier alpha value is -2.19. The van der Waals surface area contributed by atoms with Gasteiger partial charge in [0.25, 0.3) is 0 Å². The van der Waals surface area contributed by atoms with Crippen molar-refractivity contribution in [1.29, 1.82) is 0 Å². The van der Waals surface area contributed by atoms with Gasteiger partial charge in [-0.3, -0.25) is 0 Å². The van der Waals surface area contributed by atoms with Crippen LogP contribution in [0.25, 0.3) is 11.3 Å². The van der Waals surface area contributed by atoms with Crippen LogP contribution in [0, 0.1) is 0 Å². The van der Waals surface area contributed by atoms with Crippen molar-refractivity contribution < 1.29 is 21.6 Å². The van der Waals surface area contributed by atoms with E-state index in [1.807, 2.05) is 0 Å². The zero-order chi connectivity index (χ0) is 17.4. The summed E-state index contributed by atoms with van der Waals surface area (Å²) in [7, 11) is -4.36. The second-order valence-corrected chi connectivity index (χ2v) is 7.53. The standard InChI is InChI=1S/C16H10F3NO2S2/c17-16(18,19)15-14(24(21,22)12-9-5-2-6-10-12)13(20-23-15)11-7-3-1-4-8-11/h1-10H. The van der Waals surface area contributed by atoms with Crippen LogP contribution in [0.1, 0.15) is 4.88 Å². The molecule has 0 spiro atoms. The number of benzene rings is 2. The van der Waals surface area contributed by atoms with E-state index in [0.29, 0.717) is 5.56 Å². The Morgan fingerprint density at radius 2 is 1.42 bits per heavy atom. The largest absolute Gasteiger partial charge is 0.428 e. The van der Waals surface area contributed by atoms with Gasteiger partial charge in [0.15, 0.2) is 0 Å². The lowest BCUT2D eigenvalue weighted by Crippen LogP contribution is -2.11. The van der Waals surface area contributed by atoms with Gasteiger partial charge in [-0.25, -0.2) is 8.42 Å². The van der Waals surface area contributed by atoms with Gasteiger partial charge in [0.2, 0.25) is 9.84 Å². The van der Waals surface area contributed by atoms with Crippen molar-refractivity contribution in [2.24, 2.45) is 0 Å². The fraction of sp³-hybridized carbons (Fsp3) is 0.0625. The molecule has 0 aliphatic carbocycles. The summed E-state index contributed by atoms with van der Waals surface area (Å²) >= 11 is 0.145. The molecule has 3 aromatic rings. The molecule has 1 heterocycles. The van der Waals surface area contributed by atoms with Crippen LogP contribution in [0.5, 0.6) is 0 Å². The van der Waals surface area contributed by atoms with Gasteiger partial charge in [-0.15, -0.1) is 0 Å². The molecule has 1 aromatic heterocycles. The van der Waals surface area contributed by atoms with E-state index in [1.165, 1.54) is 36.4 Å². The molecule has 0 N–H and O–H groups in total. The Morgan fingerprint density at radius 1 is 0.875 bits per heavy atom. The zero-order valence-electron chi connectivity index (χ0n) is 12.0. The normalized spacial score (nSPS) is 12.3. The second-order valence-electron chi connectivity index (χ2n) is 4.87. The van der Waals surface area contributed by atoms with E-state index < -0.39 is 25.8 Å². The highest BCUT2D eigenvalue weighted by molar-refractivity contribution is 7.91. The Morgan fingerprint density at radius 3 is 1.96 bits per heavy atom. The molecule has 0 saturated carbocycles. The van der Waals surface area contributed by atoms with Crippen molar-refractivity contribution in [2.45, 2.75) is 16.0 Å². The van der Waals surface area contributed by atoms with Crippen LogP contribution >= 0.6 is 11.5 Å². The number of hydrogen-bond donors (Lipinski definition) is 0. The molecule has 0 aliphatic heterocycles. The molecular formula is C16H10F3NO2S2. The third kappa shape index (κ3) is 2.94. The first-order valence-corrected chi connectivity index (χ1v) is 9.00. The van der Waals surface area contributed by atoms with Gasteiger partial charge in [0.1, 0.15) is 15.5 Å². The summed E-state index contributed by atoms with van der Waals surface area (Å²) in [6.07, 6.45) is -4.80. The van der Waals surface area contributed by atoms with Gasteiger partial charge in [-0.2, -0.15) is 17.5 Å². The topological polar surface area (TPSA) is 47.0 Å². The first-order chi connectivity index (χ1) is 11.3. The van der Waals surface area contributed by atoms with E-state index in [2.05, 4.69) is 4.37 Å². The average Bonchev–Trinajstić information content (AvgIpc) is 3.03. The molecule has 0 aliphatic rings. The van der Waals surface area contributed by atoms with E-state index in [4.69, 9.17) is 0 Å². The lowest BCUT2D eigenvalue weighted by molar-refractivity contribution is -0.136. The summed E-state index contributed by atoms with van der Waals surface area (Å²) < 4.78 is 69.4. The average molecular weight is 369 g/mol. The smallest absolute Gasteiger partial charge is 0.218 e. The van der Waals surface area contributed by atoms with Crippen LogP contribution < -0.4 is 0 Å². The molecule has 3 nitrogen and oxygen atoms in total.